The van der Waals surface area contributed by atoms with Crippen LogP contribution >= 0.6 is 0 Å². The molecule has 0 saturated carbocycles. The van der Waals surface area contributed by atoms with Crippen molar-refractivity contribution in [1.82, 2.24) is 0 Å². The highest BCUT2D eigenvalue weighted by Gasteiger charge is 2.12. The van der Waals surface area contributed by atoms with Crippen molar-refractivity contribution < 1.29 is 13.2 Å². The molecular formula is C10H9F3. The van der Waals surface area contributed by atoms with Gasteiger partial charge in [0.25, 0.3) is 0 Å². The summed E-state index contributed by atoms with van der Waals surface area (Å²) in [7, 11) is 0. The van der Waals surface area contributed by atoms with E-state index >= 15 is 0 Å². The van der Waals surface area contributed by atoms with Gasteiger partial charge in [0.15, 0.2) is 17.5 Å². The molecule has 1 rings (SSSR count). The van der Waals surface area contributed by atoms with Crippen LogP contribution in [0.15, 0.2) is 24.8 Å². The molecule has 3 heteroatoms. The quantitative estimate of drug-likeness (QED) is 0.490. The first-order valence-corrected chi connectivity index (χ1v) is 3.83. The van der Waals surface area contributed by atoms with Crippen molar-refractivity contribution in [1.29, 1.82) is 0 Å². The van der Waals surface area contributed by atoms with Crippen LogP contribution < -0.4 is 0 Å². The second-order valence-corrected chi connectivity index (χ2v) is 2.82. The maximum atomic E-state index is 12.7. The van der Waals surface area contributed by atoms with Crippen molar-refractivity contribution in [3.63, 3.8) is 0 Å². The van der Waals surface area contributed by atoms with E-state index < -0.39 is 17.5 Å². The lowest BCUT2D eigenvalue weighted by Crippen LogP contribution is -1.96. The fourth-order valence-electron chi connectivity index (χ4n) is 0.974. The molecule has 0 spiro atoms. The monoisotopic (exact) mass is 186 g/mol. The molecule has 0 N–H and O–H groups in total. The molecule has 1 aromatic rings. The highest BCUT2D eigenvalue weighted by atomic mass is 19.2. The van der Waals surface area contributed by atoms with E-state index in [1.165, 1.54) is 6.08 Å². The molecule has 0 aliphatic heterocycles. The molecular weight excluding hydrogens is 177 g/mol. The largest absolute Gasteiger partial charge is 0.204 e. The van der Waals surface area contributed by atoms with E-state index in [1.54, 1.807) is 6.92 Å². The lowest BCUT2D eigenvalue weighted by atomic mass is 10.0. The topological polar surface area (TPSA) is 0 Å². The van der Waals surface area contributed by atoms with Crippen LogP contribution in [0.2, 0.25) is 0 Å². The molecule has 1 atom stereocenters. The zero-order chi connectivity index (χ0) is 10.0. The number of rotatable bonds is 2. The molecule has 70 valence electrons. The van der Waals surface area contributed by atoms with Gasteiger partial charge in [-0.1, -0.05) is 13.0 Å². The van der Waals surface area contributed by atoms with Gasteiger partial charge in [0.2, 0.25) is 0 Å². The Bertz CT molecular complexity index is 308. The summed E-state index contributed by atoms with van der Waals surface area (Å²) in [6.07, 6.45) is 1.53. The molecule has 0 fully saturated rings. The average molecular weight is 186 g/mol. The minimum absolute atomic E-state index is 0.190. The normalized spacial score (nSPS) is 12.6. The number of allylic oxidation sites excluding steroid dienone is 1. The zero-order valence-electron chi connectivity index (χ0n) is 7.15. The molecule has 1 aromatic carbocycles. The Hall–Kier alpha value is -1.25. The Kier molecular flexibility index (Phi) is 2.76. The zero-order valence-corrected chi connectivity index (χ0v) is 7.15. The van der Waals surface area contributed by atoms with Gasteiger partial charge in [-0.2, -0.15) is 0 Å². The number of hydrogen-bond acceptors (Lipinski definition) is 0. The van der Waals surface area contributed by atoms with Gasteiger partial charge in [-0.3, -0.25) is 0 Å². The molecule has 0 aliphatic rings. The second-order valence-electron chi connectivity index (χ2n) is 2.82. The van der Waals surface area contributed by atoms with E-state index in [-0.39, 0.29) is 5.92 Å². The van der Waals surface area contributed by atoms with Crippen LogP contribution in [0.25, 0.3) is 0 Å². The lowest BCUT2D eigenvalue weighted by molar-refractivity contribution is 0.445. The van der Waals surface area contributed by atoms with Crippen LogP contribution in [0.1, 0.15) is 18.4 Å². The van der Waals surface area contributed by atoms with Gasteiger partial charge in [-0.05, 0) is 23.6 Å². The predicted molar refractivity (Wildman–Crippen MR) is 44.9 cm³/mol. The van der Waals surface area contributed by atoms with Crippen LogP contribution in [0.3, 0.4) is 0 Å². The minimum Gasteiger partial charge on any atom is -0.204 e. The van der Waals surface area contributed by atoms with Crippen LogP contribution in [-0.2, 0) is 0 Å². The second kappa shape index (κ2) is 3.64. The third-order valence-electron chi connectivity index (χ3n) is 1.89. The minimum atomic E-state index is -1.43. The summed E-state index contributed by atoms with van der Waals surface area (Å²) in [6, 6.07) is 1.95. The molecule has 0 nitrogen and oxygen atoms in total. The van der Waals surface area contributed by atoms with Crippen molar-refractivity contribution in [2.75, 3.05) is 0 Å². The Labute approximate surface area is 74.7 Å². The molecule has 0 heterocycles. The smallest absolute Gasteiger partial charge is 0.194 e. The first kappa shape index (κ1) is 9.84. The first-order chi connectivity index (χ1) is 6.06. The molecule has 0 aliphatic carbocycles. The summed E-state index contributed by atoms with van der Waals surface area (Å²) in [5.41, 5.74) is 0.381. The predicted octanol–water partition coefficient (Wildman–Crippen LogP) is 3.39. The average Bonchev–Trinajstić information content (AvgIpc) is 2.12. The van der Waals surface area contributed by atoms with E-state index in [9.17, 15) is 13.2 Å². The molecule has 0 amide bonds. The van der Waals surface area contributed by atoms with Crippen LogP contribution in [0.5, 0.6) is 0 Å². The summed E-state index contributed by atoms with van der Waals surface area (Å²) < 4.78 is 37.9. The van der Waals surface area contributed by atoms with Crippen molar-refractivity contribution in [3.05, 3.63) is 47.8 Å². The van der Waals surface area contributed by atoms with Crippen molar-refractivity contribution >= 4 is 0 Å². The maximum Gasteiger partial charge on any atom is 0.194 e. The van der Waals surface area contributed by atoms with Gasteiger partial charge in [-0.25, -0.2) is 13.2 Å². The summed E-state index contributed by atoms with van der Waals surface area (Å²) >= 11 is 0. The van der Waals surface area contributed by atoms with E-state index in [1.807, 2.05) is 0 Å². The highest BCUT2D eigenvalue weighted by molar-refractivity contribution is 5.25. The number of halogens is 3. The lowest BCUT2D eigenvalue weighted by Gasteiger charge is -2.06. The first-order valence-electron chi connectivity index (χ1n) is 3.83. The summed E-state index contributed by atoms with van der Waals surface area (Å²) in [5, 5.41) is 0. The standard InChI is InChI=1S/C10H9F3/c1-3-6(2)7-4-8(11)10(13)9(12)5-7/h3-6H,1H2,2H3. The van der Waals surface area contributed by atoms with Gasteiger partial charge in [0.1, 0.15) is 0 Å². The fraction of sp³-hybridized carbons (Fsp3) is 0.200. The third-order valence-corrected chi connectivity index (χ3v) is 1.89. The molecule has 0 saturated heterocycles. The van der Waals surface area contributed by atoms with E-state index in [2.05, 4.69) is 6.58 Å². The van der Waals surface area contributed by atoms with Crippen LogP contribution in [0, 0.1) is 17.5 Å². The van der Waals surface area contributed by atoms with Gasteiger partial charge in [-0.15, -0.1) is 6.58 Å². The molecule has 0 aromatic heterocycles. The third kappa shape index (κ3) is 1.91. The molecule has 13 heavy (non-hydrogen) atoms. The Morgan fingerprint density at radius 2 is 1.69 bits per heavy atom. The Morgan fingerprint density at radius 1 is 1.23 bits per heavy atom. The molecule has 1 unspecified atom stereocenters. The van der Waals surface area contributed by atoms with Crippen molar-refractivity contribution in [2.45, 2.75) is 12.8 Å². The van der Waals surface area contributed by atoms with Gasteiger partial charge in [0, 0.05) is 0 Å². The van der Waals surface area contributed by atoms with E-state index in [4.69, 9.17) is 0 Å². The maximum absolute atomic E-state index is 12.7. The van der Waals surface area contributed by atoms with Gasteiger partial charge < -0.3 is 0 Å². The molecule has 0 bridgehead atoms. The van der Waals surface area contributed by atoms with Crippen molar-refractivity contribution in [2.24, 2.45) is 0 Å². The highest BCUT2D eigenvalue weighted by Crippen LogP contribution is 2.20. The van der Waals surface area contributed by atoms with E-state index in [0.29, 0.717) is 5.56 Å². The Morgan fingerprint density at radius 3 is 2.08 bits per heavy atom. The summed E-state index contributed by atoms with van der Waals surface area (Å²) in [6.45, 7) is 5.20. The molecule has 0 radical (unpaired) electrons. The SMILES string of the molecule is C=CC(C)c1cc(F)c(F)c(F)c1. The summed E-state index contributed by atoms with van der Waals surface area (Å²) in [5.74, 6) is -3.95. The van der Waals surface area contributed by atoms with E-state index in [0.717, 1.165) is 12.1 Å². The number of hydrogen-bond donors (Lipinski definition) is 0. The Balaban J connectivity index is 3.20. The van der Waals surface area contributed by atoms with Crippen molar-refractivity contribution in [3.8, 4) is 0 Å². The van der Waals surface area contributed by atoms with Crippen LogP contribution in [0.4, 0.5) is 13.2 Å². The summed E-state index contributed by atoms with van der Waals surface area (Å²) in [4.78, 5) is 0. The van der Waals surface area contributed by atoms with Gasteiger partial charge >= 0.3 is 0 Å². The fourth-order valence-corrected chi connectivity index (χ4v) is 0.974. The van der Waals surface area contributed by atoms with Gasteiger partial charge in [0.05, 0.1) is 0 Å². The van der Waals surface area contributed by atoms with Crippen LogP contribution in [-0.4, -0.2) is 0 Å². The number of benzene rings is 1.